The number of primary amides is 1. The third kappa shape index (κ3) is 3.04. The van der Waals surface area contributed by atoms with Crippen LogP contribution in [0.2, 0.25) is 0 Å². The maximum atomic E-state index is 12.3. The molecule has 88 valence electrons. The van der Waals surface area contributed by atoms with E-state index in [4.69, 9.17) is 5.73 Å². The van der Waals surface area contributed by atoms with Gasteiger partial charge in [-0.15, -0.1) is 0 Å². The van der Waals surface area contributed by atoms with Crippen LogP contribution < -0.4 is 16.6 Å². The minimum Gasteiger partial charge on any atom is -0.350 e. The molecule has 1 rings (SSSR count). The Bertz CT molecular complexity index is 403. The first-order valence-corrected chi connectivity index (χ1v) is 4.30. The van der Waals surface area contributed by atoms with Gasteiger partial charge >= 0.3 is 12.2 Å². The van der Waals surface area contributed by atoms with Gasteiger partial charge in [-0.1, -0.05) is 0 Å². The van der Waals surface area contributed by atoms with Crippen LogP contribution in [0.3, 0.4) is 0 Å². The normalized spacial score (nSPS) is 11.0. The minimum absolute atomic E-state index is 0.351. The quantitative estimate of drug-likeness (QED) is 0.684. The number of aryl methyl sites for hydroxylation is 1. The van der Waals surface area contributed by atoms with E-state index < -0.39 is 17.8 Å². The Hall–Kier alpha value is -1.92. The molecule has 0 radical (unpaired) electrons. The molecule has 0 heterocycles. The molecule has 2 amide bonds. The second-order valence-corrected chi connectivity index (χ2v) is 3.14. The van der Waals surface area contributed by atoms with Crippen LogP contribution in [0, 0.1) is 6.92 Å². The zero-order valence-corrected chi connectivity index (χ0v) is 8.35. The number of nitrogens with two attached hydrogens (primary N) is 1. The highest BCUT2D eigenvalue weighted by Crippen LogP contribution is 2.31. The van der Waals surface area contributed by atoms with E-state index in [1.165, 1.54) is 13.0 Å². The van der Waals surface area contributed by atoms with Crippen molar-refractivity contribution < 1.29 is 18.0 Å². The van der Waals surface area contributed by atoms with Crippen molar-refractivity contribution in [2.24, 2.45) is 5.73 Å². The SMILES string of the molecule is Cc1cc(C(F)(F)F)ccc1NNC(N)=O. The van der Waals surface area contributed by atoms with E-state index in [-0.39, 0.29) is 0 Å². The number of carbonyl (C=O) groups excluding carboxylic acids is 1. The standard InChI is InChI=1S/C9H10F3N3O/c1-5-4-6(9(10,11)12)2-3-7(5)14-15-8(13)16/h2-4,14H,1H3,(H3,13,15,16). The average Bonchev–Trinajstić information content (AvgIpc) is 2.14. The van der Waals surface area contributed by atoms with Crippen LogP contribution in [-0.2, 0) is 6.18 Å². The van der Waals surface area contributed by atoms with Crippen molar-refractivity contribution in [1.82, 2.24) is 5.43 Å². The maximum Gasteiger partial charge on any atom is 0.416 e. The van der Waals surface area contributed by atoms with Crippen LogP contribution in [0.15, 0.2) is 18.2 Å². The van der Waals surface area contributed by atoms with Gasteiger partial charge in [0.05, 0.1) is 11.3 Å². The molecule has 4 N–H and O–H groups in total. The Morgan fingerprint density at radius 1 is 1.38 bits per heavy atom. The third-order valence-corrected chi connectivity index (χ3v) is 1.87. The second-order valence-electron chi connectivity index (χ2n) is 3.14. The number of hydrazine groups is 1. The summed E-state index contributed by atoms with van der Waals surface area (Å²) >= 11 is 0. The van der Waals surface area contributed by atoms with Gasteiger partial charge in [-0.25, -0.2) is 4.79 Å². The summed E-state index contributed by atoms with van der Waals surface area (Å²) in [6, 6.07) is 2.29. The van der Waals surface area contributed by atoms with Crippen molar-refractivity contribution in [1.29, 1.82) is 0 Å². The van der Waals surface area contributed by atoms with E-state index in [0.717, 1.165) is 12.1 Å². The first-order chi connectivity index (χ1) is 7.30. The first kappa shape index (κ1) is 12.2. The summed E-state index contributed by atoms with van der Waals surface area (Å²) in [5.74, 6) is 0. The topological polar surface area (TPSA) is 67.2 Å². The molecule has 0 bridgehead atoms. The monoisotopic (exact) mass is 233 g/mol. The van der Waals surface area contributed by atoms with Gasteiger partial charge in [0.25, 0.3) is 0 Å². The summed E-state index contributed by atoms with van der Waals surface area (Å²) in [4.78, 5) is 10.4. The van der Waals surface area contributed by atoms with E-state index in [2.05, 4.69) is 10.9 Å². The Balaban J connectivity index is 2.88. The molecule has 7 heteroatoms. The molecule has 0 spiro atoms. The van der Waals surface area contributed by atoms with Gasteiger partial charge in [-0.05, 0) is 30.7 Å². The summed E-state index contributed by atoms with van der Waals surface area (Å²) in [5.41, 5.74) is 9.23. The lowest BCUT2D eigenvalue weighted by Crippen LogP contribution is -2.34. The first-order valence-electron chi connectivity index (χ1n) is 4.30. The Labute approximate surface area is 89.6 Å². The molecule has 0 unspecified atom stereocenters. The summed E-state index contributed by atoms with van der Waals surface area (Å²) in [6.07, 6.45) is -4.37. The molecule has 0 aromatic heterocycles. The van der Waals surface area contributed by atoms with Gasteiger partial charge in [0.1, 0.15) is 0 Å². The van der Waals surface area contributed by atoms with Gasteiger partial charge < -0.3 is 5.73 Å². The molecular weight excluding hydrogens is 223 g/mol. The van der Waals surface area contributed by atoms with Gasteiger partial charge in [0.2, 0.25) is 0 Å². The van der Waals surface area contributed by atoms with Crippen molar-refractivity contribution in [3.63, 3.8) is 0 Å². The van der Waals surface area contributed by atoms with Crippen LogP contribution in [-0.4, -0.2) is 6.03 Å². The fraction of sp³-hybridized carbons (Fsp3) is 0.222. The maximum absolute atomic E-state index is 12.3. The van der Waals surface area contributed by atoms with Gasteiger partial charge in [-0.3, -0.25) is 10.9 Å². The smallest absolute Gasteiger partial charge is 0.350 e. The summed E-state index contributed by atoms with van der Waals surface area (Å²) in [6.45, 7) is 1.49. The van der Waals surface area contributed by atoms with E-state index in [1.54, 1.807) is 0 Å². The van der Waals surface area contributed by atoms with Gasteiger partial charge in [-0.2, -0.15) is 13.2 Å². The lowest BCUT2D eigenvalue weighted by molar-refractivity contribution is -0.137. The molecule has 0 aliphatic heterocycles. The lowest BCUT2D eigenvalue weighted by atomic mass is 10.1. The Kier molecular flexibility index (Phi) is 3.26. The van der Waals surface area contributed by atoms with Crippen LogP contribution in [0.4, 0.5) is 23.7 Å². The largest absolute Gasteiger partial charge is 0.416 e. The van der Waals surface area contributed by atoms with E-state index in [0.29, 0.717) is 11.3 Å². The number of hydrogen-bond acceptors (Lipinski definition) is 2. The number of benzene rings is 1. The Morgan fingerprint density at radius 3 is 2.44 bits per heavy atom. The number of urea groups is 1. The molecular formula is C9H10F3N3O. The fourth-order valence-electron chi connectivity index (χ4n) is 1.11. The van der Waals surface area contributed by atoms with E-state index >= 15 is 0 Å². The molecule has 0 saturated heterocycles. The third-order valence-electron chi connectivity index (χ3n) is 1.87. The number of alkyl halides is 3. The number of halogens is 3. The average molecular weight is 233 g/mol. The van der Waals surface area contributed by atoms with E-state index in [9.17, 15) is 18.0 Å². The number of rotatable bonds is 2. The number of carbonyl (C=O) groups is 1. The van der Waals surface area contributed by atoms with Crippen LogP contribution >= 0.6 is 0 Å². The molecule has 0 aliphatic carbocycles. The van der Waals surface area contributed by atoms with Gasteiger partial charge in [0, 0.05) is 0 Å². The van der Waals surface area contributed by atoms with Crippen molar-refractivity contribution in [2.75, 3.05) is 5.43 Å². The van der Waals surface area contributed by atoms with Crippen LogP contribution in [0.1, 0.15) is 11.1 Å². The number of hydrogen-bond donors (Lipinski definition) is 3. The molecule has 0 fully saturated rings. The molecule has 1 aromatic carbocycles. The van der Waals surface area contributed by atoms with Gasteiger partial charge in [0.15, 0.2) is 0 Å². The zero-order valence-electron chi connectivity index (χ0n) is 8.35. The van der Waals surface area contributed by atoms with Crippen molar-refractivity contribution in [2.45, 2.75) is 13.1 Å². The fourth-order valence-corrected chi connectivity index (χ4v) is 1.11. The highest BCUT2D eigenvalue weighted by atomic mass is 19.4. The summed E-state index contributed by atoms with van der Waals surface area (Å²) in [7, 11) is 0. The number of amides is 2. The second kappa shape index (κ2) is 4.30. The van der Waals surface area contributed by atoms with E-state index in [1.807, 2.05) is 0 Å². The molecule has 0 atom stereocenters. The predicted molar refractivity (Wildman–Crippen MR) is 52.5 cm³/mol. The molecule has 4 nitrogen and oxygen atoms in total. The van der Waals surface area contributed by atoms with Crippen LogP contribution in [0.5, 0.6) is 0 Å². The molecule has 0 saturated carbocycles. The van der Waals surface area contributed by atoms with Crippen LogP contribution in [0.25, 0.3) is 0 Å². The van der Waals surface area contributed by atoms with Crippen molar-refractivity contribution >= 4 is 11.7 Å². The summed E-state index contributed by atoms with van der Waals surface area (Å²) < 4.78 is 36.9. The predicted octanol–water partition coefficient (Wildman–Crippen LogP) is 2.01. The number of anilines is 1. The van der Waals surface area contributed by atoms with Crippen molar-refractivity contribution in [3.05, 3.63) is 29.3 Å². The Morgan fingerprint density at radius 2 is 2.00 bits per heavy atom. The minimum atomic E-state index is -4.37. The molecule has 1 aromatic rings. The highest BCUT2D eigenvalue weighted by molar-refractivity contribution is 5.73. The number of nitrogens with one attached hydrogen (secondary N) is 2. The highest BCUT2D eigenvalue weighted by Gasteiger charge is 2.30. The van der Waals surface area contributed by atoms with Crippen molar-refractivity contribution in [3.8, 4) is 0 Å². The summed E-state index contributed by atoms with van der Waals surface area (Å²) in [5, 5.41) is 0. The molecule has 16 heavy (non-hydrogen) atoms. The molecule has 0 aliphatic rings. The zero-order chi connectivity index (χ0) is 12.3. The lowest BCUT2D eigenvalue weighted by Gasteiger charge is -2.12.